The van der Waals surface area contributed by atoms with Crippen LogP contribution < -0.4 is 5.32 Å². The van der Waals surface area contributed by atoms with Crippen molar-refractivity contribution in [3.63, 3.8) is 0 Å². The number of nitrogens with zero attached hydrogens (tertiary/aromatic N) is 1. The molecule has 0 atom stereocenters. The van der Waals surface area contributed by atoms with Crippen LogP contribution in [0.25, 0.3) is 0 Å². The molecule has 84 valence electrons. The molecular weight excluding hydrogens is 229 g/mol. The summed E-state index contributed by atoms with van der Waals surface area (Å²) in [6, 6.07) is 4.98. The Bertz CT molecular complexity index is 456. The number of imidazole rings is 1. The van der Waals surface area contributed by atoms with Crippen molar-refractivity contribution in [2.24, 2.45) is 0 Å². The van der Waals surface area contributed by atoms with Crippen molar-refractivity contribution in [2.45, 2.75) is 13.1 Å². The second-order valence-corrected chi connectivity index (χ2v) is 3.80. The van der Waals surface area contributed by atoms with E-state index < -0.39 is 0 Å². The predicted molar refractivity (Wildman–Crippen MR) is 60.5 cm³/mol. The van der Waals surface area contributed by atoms with Gasteiger partial charge in [0.05, 0.1) is 11.3 Å². The first-order valence-electron chi connectivity index (χ1n) is 4.88. The van der Waals surface area contributed by atoms with Gasteiger partial charge in [-0.25, -0.2) is 9.37 Å². The standard InChI is InChI=1S/C11H11ClFN3/c12-10-3-1-2-8(11(10)13)4-14-5-9-6-15-7-16-9/h1-3,6-7,14H,4-5H2,(H,15,16). The molecule has 0 unspecified atom stereocenters. The molecule has 2 N–H and O–H groups in total. The molecule has 0 amide bonds. The molecule has 1 aromatic heterocycles. The number of rotatable bonds is 4. The lowest BCUT2D eigenvalue weighted by atomic mass is 10.2. The second kappa shape index (κ2) is 5.09. The number of halogens is 2. The van der Waals surface area contributed by atoms with Gasteiger partial charge in [-0.2, -0.15) is 0 Å². The van der Waals surface area contributed by atoms with Crippen LogP contribution in [0.3, 0.4) is 0 Å². The summed E-state index contributed by atoms with van der Waals surface area (Å²) in [4.78, 5) is 6.84. The van der Waals surface area contributed by atoms with E-state index >= 15 is 0 Å². The predicted octanol–water partition coefficient (Wildman–Crippen LogP) is 2.49. The molecule has 5 heteroatoms. The molecule has 0 aliphatic carbocycles. The normalized spacial score (nSPS) is 10.6. The highest BCUT2D eigenvalue weighted by atomic mass is 35.5. The van der Waals surface area contributed by atoms with E-state index in [1.54, 1.807) is 24.7 Å². The Morgan fingerprint density at radius 3 is 3.00 bits per heavy atom. The smallest absolute Gasteiger partial charge is 0.146 e. The number of aromatic amines is 1. The Morgan fingerprint density at radius 2 is 2.25 bits per heavy atom. The number of H-pyrrole nitrogens is 1. The lowest BCUT2D eigenvalue weighted by molar-refractivity contribution is 0.586. The summed E-state index contributed by atoms with van der Waals surface area (Å²) in [6.45, 7) is 1.05. The van der Waals surface area contributed by atoms with Crippen LogP contribution in [0.15, 0.2) is 30.7 Å². The Balaban J connectivity index is 1.92. The molecule has 0 bridgehead atoms. The van der Waals surface area contributed by atoms with Gasteiger partial charge in [0, 0.05) is 30.5 Å². The summed E-state index contributed by atoms with van der Waals surface area (Å²) in [5.41, 5.74) is 1.52. The van der Waals surface area contributed by atoms with Crippen molar-refractivity contribution < 1.29 is 4.39 Å². The van der Waals surface area contributed by atoms with E-state index in [1.165, 1.54) is 6.07 Å². The van der Waals surface area contributed by atoms with E-state index in [2.05, 4.69) is 15.3 Å². The first-order chi connectivity index (χ1) is 7.77. The summed E-state index contributed by atoms with van der Waals surface area (Å²) in [6.07, 6.45) is 3.33. The molecule has 2 rings (SSSR count). The van der Waals surface area contributed by atoms with Crippen LogP contribution in [-0.4, -0.2) is 9.97 Å². The summed E-state index contributed by atoms with van der Waals surface area (Å²) >= 11 is 5.67. The van der Waals surface area contributed by atoms with Gasteiger partial charge in [0.1, 0.15) is 5.82 Å². The topological polar surface area (TPSA) is 40.7 Å². The van der Waals surface area contributed by atoms with E-state index in [4.69, 9.17) is 11.6 Å². The summed E-state index contributed by atoms with van der Waals surface area (Å²) in [5, 5.41) is 3.26. The van der Waals surface area contributed by atoms with E-state index in [-0.39, 0.29) is 10.8 Å². The molecule has 0 radical (unpaired) electrons. The Kier molecular flexibility index (Phi) is 3.54. The van der Waals surface area contributed by atoms with Crippen LogP contribution in [0.4, 0.5) is 4.39 Å². The summed E-state index contributed by atoms with van der Waals surface area (Å²) in [7, 11) is 0. The Hall–Kier alpha value is -1.39. The zero-order valence-electron chi connectivity index (χ0n) is 8.50. The number of hydrogen-bond donors (Lipinski definition) is 2. The van der Waals surface area contributed by atoms with Crippen LogP contribution in [0.2, 0.25) is 5.02 Å². The maximum atomic E-state index is 13.5. The Morgan fingerprint density at radius 1 is 1.38 bits per heavy atom. The van der Waals surface area contributed by atoms with Crippen molar-refractivity contribution in [3.05, 3.63) is 52.8 Å². The number of aromatic nitrogens is 2. The molecule has 0 saturated heterocycles. The fourth-order valence-corrected chi connectivity index (χ4v) is 1.59. The molecule has 2 aromatic rings. The van der Waals surface area contributed by atoms with Crippen LogP contribution >= 0.6 is 11.6 Å². The third-order valence-corrected chi connectivity index (χ3v) is 2.51. The highest BCUT2D eigenvalue weighted by Gasteiger charge is 2.05. The van der Waals surface area contributed by atoms with Crippen molar-refractivity contribution in [1.29, 1.82) is 0 Å². The molecule has 0 saturated carbocycles. The van der Waals surface area contributed by atoms with Gasteiger partial charge in [-0.15, -0.1) is 0 Å². The maximum Gasteiger partial charge on any atom is 0.146 e. The van der Waals surface area contributed by atoms with Crippen molar-refractivity contribution >= 4 is 11.6 Å². The molecule has 16 heavy (non-hydrogen) atoms. The highest BCUT2D eigenvalue weighted by molar-refractivity contribution is 6.30. The Labute approximate surface area is 97.7 Å². The SMILES string of the molecule is Fc1c(Cl)cccc1CNCc1cnc[nH]1. The van der Waals surface area contributed by atoms with Gasteiger partial charge < -0.3 is 10.3 Å². The van der Waals surface area contributed by atoms with Gasteiger partial charge in [0.15, 0.2) is 0 Å². The van der Waals surface area contributed by atoms with Gasteiger partial charge >= 0.3 is 0 Å². The zero-order chi connectivity index (χ0) is 11.4. The third-order valence-electron chi connectivity index (χ3n) is 2.22. The van der Waals surface area contributed by atoms with Gasteiger partial charge in [-0.05, 0) is 6.07 Å². The van der Waals surface area contributed by atoms with Gasteiger partial charge in [-0.1, -0.05) is 23.7 Å². The van der Waals surface area contributed by atoms with Crippen LogP contribution in [0.5, 0.6) is 0 Å². The molecule has 1 aromatic carbocycles. The second-order valence-electron chi connectivity index (χ2n) is 3.39. The van der Waals surface area contributed by atoms with Gasteiger partial charge in [0.25, 0.3) is 0 Å². The van der Waals surface area contributed by atoms with Crippen molar-refractivity contribution in [3.8, 4) is 0 Å². The first kappa shape index (κ1) is 11.1. The largest absolute Gasteiger partial charge is 0.347 e. The fraction of sp³-hybridized carbons (Fsp3) is 0.182. The third kappa shape index (κ3) is 2.59. The van der Waals surface area contributed by atoms with Gasteiger partial charge in [0.2, 0.25) is 0 Å². The van der Waals surface area contributed by atoms with Crippen LogP contribution in [0, 0.1) is 5.82 Å². The van der Waals surface area contributed by atoms with E-state index in [0.717, 1.165) is 5.69 Å². The van der Waals surface area contributed by atoms with E-state index in [0.29, 0.717) is 18.7 Å². The fourth-order valence-electron chi connectivity index (χ4n) is 1.40. The maximum absolute atomic E-state index is 13.5. The average molecular weight is 240 g/mol. The van der Waals surface area contributed by atoms with E-state index in [1.807, 2.05) is 0 Å². The monoisotopic (exact) mass is 239 g/mol. The minimum Gasteiger partial charge on any atom is -0.347 e. The van der Waals surface area contributed by atoms with Crippen molar-refractivity contribution in [1.82, 2.24) is 15.3 Å². The lowest BCUT2D eigenvalue weighted by Gasteiger charge is -2.05. The first-order valence-corrected chi connectivity index (χ1v) is 5.26. The molecule has 0 aliphatic heterocycles. The molecule has 3 nitrogen and oxygen atoms in total. The quantitative estimate of drug-likeness (QED) is 0.861. The zero-order valence-corrected chi connectivity index (χ0v) is 9.26. The minimum atomic E-state index is -0.360. The molecular formula is C11H11ClFN3. The molecule has 0 fully saturated rings. The number of nitrogens with one attached hydrogen (secondary N) is 2. The minimum absolute atomic E-state index is 0.154. The molecule has 0 spiro atoms. The van der Waals surface area contributed by atoms with Gasteiger partial charge in [-0.3, -0.25) is 0 Å². The van der Waals surface area contributed by atoms with E-state index in [9.17, 15) is 4.39 Å². The summed E-state index contributed by atoms with van der Waals surface area (Å²) < 4.78 is 13.5. The van der Waals surface area contributed by atoms with Crippen LogP contribution in [-0.2, 0) is 13.1 Å². The molecule has 1 heterocycles. The lowest BCUT2D eigenvalue weighted by Crippen LogP contribution is -2.14. The highest BCUT2D eigenvalue weighted by Crippen LogP contribution is 2.17. The molecule has 0 aliphatic rings. The number of benzene rings is 1. The van der Waals surface area contributed by atoms with Crippen LogP contribution in [0.1, 0.15) is 11.3 Å². The average Bonchev–Trinajstić information content (AvgIpc) is 2.77. The van der Waals surface area contributed by atoms with Crippen molar-refractivity contribution in [2.75, 3.05) is 0 Å². The number of hydrogen-bond acceptors (Lipinski definition) is 2. The summed E-state index contributed by atoms with van der Waals surface area (Å²) in [5.74, 6) is -0.360.